The Morgan fingerprint density at radius 1 is 1.12 bits per heavy atom. The highest BCUT2D eigenvalue weighted by Crippen LogP contribution is 2.31. The van der Waals surface area contributed by atoms with Crippen molar-refractivity contribution in [3.8, 4) is 5.75 Å². The molecule has 0 aliphatic carbocycles. The van der Waals surface area contributed by atoms with Crippen LogP contribution in [0, 0.1) is 0 Å². The van der Waals surface area contributed by atoms with Gasteiger partial charge in [0.2, 0.25) is 0 Å². The maximum absolute atomic E-state index is 12.8. The first-order valence-corrected chi connectivity index (χ1v) is 8.36. The van der Waals surface area contributed by atoms with Crippen LogP contribution in [0.25, 0.3) is 0 Å². The van der Waals surface area contributed by atoms with Crippen LogP contribution in [0.15, 0.2) is 48.5 Å². The van der Waals surface area contributed by atoms with Gasteiger partial charge in [-0.3, -0.25) is 9.69 Å². The highest BCUT2D eigenvalue weighted by atomic mass is 35.5. The van der Waals surface area contributed by atoms with Crippen molar-refractivity contribution in [2.45, 2.75) is 6.04 Å². The molecule has 5 heteroatoms. The molecule has 0 spiro atoms. The average Bonchev–Trinajstić information content (AvgIpc) is 2.62. The molecule has 3 rings (SSSR count). The van der Waals surface area contributed by atoms with Crippen molar-refractivity contribution >= 4 is 17.5 Å². The molecule has 2 aromatic rings. The van der Waals surface area contributed by atoms with Crippen molar-refractivity contribution in [3.05, 3.63) is 64.7 Å². The van der Waals surface area contributed by atoms with Gasteiger partial charge < -0.3 is 9.64 Å². The molecule has 1 amide bonds. The minimum Gasteiger partial charge on any atom is -0.496 e. The first-order chi connectivity index (χ1) is 11.6. The van der Waals surface area contributed by atoms with Gasteiger partial charge in [0.15, 0.2) is 0 Å². The molecule has 24 heavy (non-hydrogen) atoms. The van der Waals surface area contributed by atoms with Gasteiger partial charge >= 0.3 is 0 Å². The number of hydrogen-bond donors (Lipinski definition) is 0. The highest BCUT2D eigenvalue weighted by Gasteiger charge is 2.30. The molecule has 2 aromatic carbocycles. The first kappa shape index (κ1) is 16.8. The monoisotopic (exact) mass is 344 g/mol. The number of nitrogens with zero attached hydrogens (tertiary/aromatic N) is 2. The summed E-state index contributed by atoms with van der Waals surface area (Å²) in [6.07, 6.45) is 0. The smallest absolute Gasteiger partial charge is 0.253 e. The third-order valence-electron chi connectivity index (χ3n) is 4.52. The molecule has 0 saturated carbocycles. The lowest BCUT2D eigenvalue weighted by molar-refractivity contribution is 0.0542. The molecule has 1 aliphatic heterocycles. The van der Waals surface area contributed by atoms with Gasteiger partial charge in [0, 0.05) is 35.8 Å². The molecule has 1 heterocycles. The molecular weight excluding hydrogens is 324 g/mol. The predicted octanol–water partition coefficient (Wildman–Crippen LogP) is 3.48. The minimum atomic E-state index is 0.0414. The van der Waals surface area contributed by atoms with Crippen molar-refractivity contribution in [2.24, 2.45) is 0 Å². The van der Waals surface area contributed by atoms with Crippen molar-refractivity contribution in [1.82, 2.24) is 9.80 Å². The van der Waals surface area contributed by atoms with Gasteiger partial charge in [0.05, 0.1) is 13.2 Å². The van der Waals surface area contributed by atoms with E-state index in [2.05, 4.69) is 18.0 Å². The summed E-state index contributed by atoms with van der Waals surface area (Å²) in [6, 6.07) is 15.2. The largest absolute Gasteiger partial charge is 0.496 e. The Kier molecular flexibility index (Phi) is 5.07. The van der Waals surface area contributed by atoms with E-state index in [4.69, 9.17) is 16.3 Å². The molecule has 1 fully saturated rings. The number of ether oxygens (including phenoxy) is 1. The van der Waals surface area contributed by atoms with E-state index >= 15 is 0 Å². The summed E-state index contributed by atoms with van der Waals surface area (Å²) >= 11 is 5.91. The lowest BCUT2D eigenvalue weighted by atomic mass is 10.0. The van der Waals surface area contributed by atoms with Gasteiger partial charge in [-0.25, -0.2) is 0 Å². The Morgan fingerprint density at radius 3 is 2.54 bits per heavy atom. The molecule has 4 nitrogen and oxygen atoms in total. The zero-order valence-electron chi connectivity index (χ0n) is 13.9. The Bertz CT molecular complexity index is 718. The fourth-order valence-electron chi connectivity index (χ4n) is 3.11. The first-order valence-electron chi connectivity index (χ1n) is 7.98. The van der Waals surface area contributed by atoms with E-state index in [0.29, 0.717) is 23.7 Å². The fourth-order valence-corrected chi connectivity index (χ4v) is 3.24. The Balaban J connectivity index is 1.83. The summed E-state index contributed by atoms with van der Waals surface area (Å²) in [5.74, 6) is 0.898. The van der Waals surface area contributed by atoms with E-state index < -0.39 is 0 Å². The zero-order chi connectivity index (χ0) is 17.1. The van der Waals surface area contributed by atoms with Gasteiger partial charge in [0.25, 0.3) is 5.91 Å². The molecule has 0 radical (unpaired) electrons. The number of carbonyl (C=O) groups is 1. The summed E-state index contributed by atoms with van der Waals surface area (Å²) in [7, 11) is 3.76. The number of rotatable bonds is 3. The number of carbonyl (C=O) groups excluding carboxylic acids is 1. The van der Waals surface area contributed by atoms with Crippen molar-refractivity contribution < 1.29 is 9.53 Å². The minimum absolute atomic E-state index is 0.0414. The second-order valence-electron chi connectivity index (χ2n) is 6.00. The van der Waals surface area contributed by atoms with Crippen LogP contribution in [-0.2, 0) is 0 Å². The van der Waals surface area contributed by atoms with Crippen LogP contribution in [0.1, 0.15) is 22.0 Å². The lowest BCUT2D eigenvalue weighted by Gasteiger charge is -2.40. The normalized spacial score (nSPS) is 18.5. The number of methoxy groups -OCH3 is 1. The zero-order valence-corrected chi connectivity index (χ0v) is 14.7. The number of halogens is 1. The number of hydrogen-bond acceptors (Lipinski definition) is 3. The number of piperazine rings is 1. The Hall–Kier alpha value is -2.04. The fraction of sp³-hybridized carbons (Fsp3) is 0.316. The van der Waals surface area contributed by atoms with Crippen LogP contribution in [0.5, 0.6) is 5.75 Å². The topological polar surface area (TPSA) is 32.8 Å². The predicted molar refractivity (Wildman–Crippen MR) is 95.7 cm³/mol. The molecule has 1 aliphatic rings. The molecule has 1 saturated heterocycles. The number of likely N-dealkylation sites (N-methyl/N-ethyl adjacent to an activating group) is 1. The molecule has 0 bridgehead atoms. The molecule has 1 unspecified atom stereocenters. The summed E-state index contributed by atoms with van der Waals surface area (Å²) in [6.45, 7) is 2.17. The van der Waals surface area contributed by atoms with E-state index in [9.17, 15) is 4.79 Å². The molecule has 126 valence electrons. The number of benzene rings is 2. The molecule has 0 N–H and O–H groups in total. The summed E-state index contributed by atoms with van der Waals surface area (Å²) in [5, 5.41) is 0.636. The Morgan fingerprint density at radius 2 is 1.83 bits per heavy atom. The number of para-hydroxylation sites is 1. The average molecular weight is 345 g/mol. The van der Waals surface area contributed by atoms with Gasteiger partial charge in [-0.1, -0.05) is 29.8 Å². The maximum Gasteiger partial charge on any atom is 0.253 e. The van der Waals surface area contributed by atoms with Crippen molar-refractivity contribution in [1.29, 1.82) is 0 Å². The van der Waals surface area contributed by atoms with Crippen LogP contribution >= 0.6 is 11.6 Å². The Labute approximate surface area is 147 Å². The summed E-state index contributed by atoms with van der Waals surface area (Å²) < 4.78 is 5.50. The van der Waals surface area contributed by atoms with Gasteiger partial charge in [-0.2, -0.15) is 0 Å². The molecular formula is C19H21ClN2O2. The highest BCUT2D eigenvalue weighted by molar-refractivity contribution is 6.30. The number of amides is 1. The SMILES string of the molecule is COc1ccccc1C1CN(C(=O)c2ccc(Cl)cc2)CCN1C. The van der Waals surface area contributed by atoms with Crippen molar-refractivity contribution in [3.63, 3.8) is 0 Å². The third kappa shape index (κ3) is 3.40. The van der Waals surface area contributed by atoms with E-state index in [1.54, 1.807) is 31.4 Å². The molecule has 0 aromatic heterocycles. The summed E-state index contributed by atoms with van der Waals surface area (Å²) in [4.78, 5) is 17.0. The van der Waals surface area contributed by atoms with E-state index in [0.717, 1.165) is 17.9 Å². The van der Waals surface area contributed by atoms with E-state index in [-0.39, 0.29) is 11.9 Å². The van der Waals surface area contributed by atoms with Gasteiger partial charge in [0.1, 0.15) is 5.75 Å². The second kappa shape index (κ2) is 7.24. The van der Waals surface area contributed by atoms with Gasteiger partial charge in [-0.05, 0) is 37.4 Å². The van der Waals surface area contributed by atoms with Crippen molar-refractivity contribution in [2.75, 3.05) is 33.8 Å². The van der Waals surface area contributed by atoms with Gasteiger partial charge in [-0.15, -0.1) is 0 Å². The summed E-state index contributed by atoms with van der Waals surface area (Å²) in [5.41, 5.74) is 1.78. The lowest BCUT2D eigenvalue weighted by Crippen LogP contribution is -2.49. The van der Waals surface area contributed by atoms with Crippen LogP contribution in [0.4, 0.5) is 0 Å². The van der Waals surface area contributed by atoms with E-state index in [1.165, 1.54) is 0 Å². The van der Waals surface area contributed by atoms with Crippen LogP contribution < -0.4 is 4.74 Å². The second-order valence-corrected chi connectivity index (χ2v) is 6.43. The third-order valence-corrected chi connectivity index (χ3v) is 4.78. The van der Waals surface area contributed by atoms with E-state index in [1.807, 2.05) is 23.1 Å². The molecule has 1 atom stereocenters. The standard InChI is InChI=1S/C19H21ClN2O2/c1-21-11-12-22(19(23)14-7-9-15(20)10-8-14)13-17(21)16-5-3-4-6-18(16)24-2/h3-10,17H,11-13H2,1-2H3. The van der Waals surface area contributed by atoms with Crippen LogP contribution in [0.3, 0.4) is 0 Å². The van der Waals surface area contributed by atoms with Crippen LogP contribution in [0.2, 0.25) is 5.02 Å². The maximum atomic E-state index is 12.8. The van der Waals surface area contributed by atoms with Crippen LogP contribution in [-0.4, -0.2) is 49.5 Å². The quantitative estimate of drug-likeness (QED) is 0.854.